The third-order valence-corrected chi connectivity index (χ3v) is 6.84. The van der Waals surface area contributed by atoms with E-state index in [-0.39, 0.29) is 24.8 Å². The van der Waals surface area contributed by atoms with Crippen LogP contribution in [0.3, 0.4) is 0 Å². The predicted octanol–water partition coefficient (Wildman–Crippen LogP) is 5.43. The SMILES string of the molecule is Cc1c(NC(=O)CCOc2cccc(Br)c2)cccc1C(=O)N1CCc2sccc2C1. The van der Waals surface area contributed by atoms with E-state index in [1.54, 1.807) is 11.3 Å². The maximum Gasteiger partial charge on any atom is 0.254 e. The Morgan fingerprint density at radius 2 is 2.03 bits per heavy atom. The van der Waals surface area contributed by atoms with Crippen molar-refractivity contribution in [2.75, 3.05) is 18.5 Å². The molecule has 160 valence electrons. The smallest absolute Gasteiger partial charge is 0.254 e. The van der Waals surface area contributed by atoms with Gasteiger partial charge in [-0.25, -0.2) is 0 Å². The van der Waals surface area contributed by atoms with E-state index in [0.717, 1.165) is 23.0 Å². The lowest BCUT2D eigenvalue weighted by Crippen LogP contribution is -2.35. The normalized spacial score (nSPS) is 12.9. The van der Waals surface area contributed by atoms with E-state index >= 15 is 0 Å². The van der Waals surface area contributed by atoms with Crippen molar-refractivity contribution in [3.8, 4) is 5.75 Å². The number of benzene rings is 2. The molecule has 0 saturated heterocycles. The number of anilines is 1. The molecular weight excluding hydrogens is 476 g/mol. The van der Waals surface area contributed by atoms with Gasteiger partial charge in [0.2, 0.25) is 5.91 Å². The maximum atomic E-state index is 13.1. The van der Waals surface area contributed by atoms with Crippen LogP contribution in [0.2, 0.25) is 0 Å². The van der Waals surface area contributed by atoms with Crippen molar-refractivity contribution in [1.82, 2.24) is 4.90 Å². The Kier molecular flexibility index (Phi) is 6.73. The molecule has 5 nitrogen and oxygen atoms in total. The van der Waals surface area contributed by atoms with E-state index in [4.69, 9.17) is 4.74 Å². The van der Waals surface area contributed by atoms with Gasteiger partial charge in [-0.05, 0) is 66.2 Å². The molecule has 0 aliphatic carbocycles. The number of nitrogens with zero attached hydrogens (tertiary/aromatic N) is 1. The van der Waals surface area contributed by atoms with Crippen molar-refractivity contribution in [3.63, 3.8) is 0 Å². The second kappa shape index (κ2) is 9.66. The number of hydrogen-bond donors (Lipinski definition) is 1. The molecule has 0 fully saturated rings. The van der Waals surface area contributed by atoms with Gasteiger partial charge < -0.3 is 15.0 Å². The third-order valence-electron chi connectivity index (χ3n) is 5.33. The van der Waals surface area contributed by atoms with Crippen molar-refractivity contribution in [2.45, 2.75) is 26.3 Å². The molecule has 0 spiro atoms. The number of halogens is 1. The van der Waals surface area contributed by atoms with Crippen molar-refractivity contribution in [3.05, 3.63) is 80.0 Å². The van der Waals surface area contributed by atoms with E-state index in [9.17, 15) is 9.59 Å². The molecule has 0 radical (unpaired) electrons. The minimum absolute atomic E-state index is 0.00318. The zero-order valence-corrected chi connectivity index (χ0v) is 19.6. The first kappa shape index (κ1) is 21.6. The summed E-state index contributed by atoms with van der Waals surface area (Å²) in [5.74, 6) is 0.563. The van der Waals surface area contributed by atoms with Gasteiger partial charge in [0.1, 0.15) is 5.75 Å². The van der Waals surface area contributed by atoms with E-state index in [1.807, 2.05) is 54.3 Å². The van der Waals surface area contributed by atoms with Crippen LogP contribution in [0.4, 0.5) is 5.69 Å². The maximum absolute atomic E-state index is 13.1. The summed E-state index contributed by atoms with van der Waals surface area (Å²) in [6.45, 7) is 3.51. The summed E-state index contributed by atoms with van der Waals surface area (Å²) in [5.41, 5.74) is 3.30. The lowest BCUT2D eigenvalue weighted by molar-refractivity contribution is -0.116. The molecule has 2 heterocycles. The minimum atomic E-state index is -0.149. The first-order valence-corrected chi connectivity index (χ1v) is 11.8. The highest BCUT2D eigenvalue weighted by atomic mass is 79.9. The number of amides is 2. The first-order valence-electron chi connectivity index (χ1n) is 10.1. The molecular formula is C24H23BrN2O3S. The van der Waals surface area contributed by atoms with E-state index in [1.165, 1.54) is 10.4 Å². The van der Waals surface area contributed by atoms with Crippen LogP contribution in [0.25, 0.3) is 0 Å². The predicted molar refractivity (Wildman–Crippen MR) is 127 cm³/mol. The Morgan fingerprint density at radius 1 is 1.19 bits per heavy atom. The summed E-state index contributed by atoms with van der Waals surface area (Å²) in [6.07, 6.45) is 1.11. The Balaban J connectivity index is 1.37. The van der Waals surface area contributed by atoms with Crippen molar-refractivity contribution in [1.29, 1.82) is 0 Å². The first-order chi connectivity index (χ1) is 15.0. The summed E-state index contributed by atoms with van der Waals surface area (Å²) >= 11 is 5.15. The van der Waals surface area contributed by atoms with Crippen LogP contribution in [-0.2, 0) is 17.8 Å². The van der Waals surface area contributed by atoms with E-state index in [0.29, 0.717) is 23.5 Å². The Labute approximate surface area is 194 Å². The average Bonchev–Trinajstić information content (AvgIpc) is 3.23. The van der Waals surface area contributed by atoms with Crippen molar-refractivity contribution in [2.24, 2.45) is 0 Å². The van der Waals surface area contributed by atoms with Crippen LogP contribution in [0.1, 0.15) is 32.8 Å². The fourth-order valence-electron chi connectivity index (χ4n) is 3.63. The van der Waals surface area contributed by atoms with Crippen LogP contribution in [0.15, 0.2) is 58.4 Å². The second-order valence-electron chi connectivity index (χ2n) is 7.43. The molecule has 31 heavy (non-hydrogen) atoms. The van der Waals surface area contributed by atoms with Gasteiger partial charge in [0, 0.05) is 33.7 Å². The molecule has 4 rings (SSSR count). The lowest BCUT2D eigenvalue weighted by atomic mass is 10.0. The lowest BCUT2D eigenvalue weighted by Gasteiger charge is -2.28. The van der Waals surface area contributed by atoms with Gasteiger partial charge in [-0.3, -0.25) is 9.59 Å². The molecule has 0 bridgehead atoms. The molecule has 3 aromatic rings. The van der Waals surface area contributed by atoms with Gasteiger partial charge in [-0.1, -0.05) is 28.1 Å². The van der Waals surface area contributed by atoms with Crippen LogP contribution >= 0.6 is 27.3 Å². The zero-order chi connectivity index (χ0) is 21.8. The van der Waals surface area contributed by atoms with E-state index in [2.05, 4.69) is 32.7 Å². The third kappa shape index (κ3) is 5.17. The number of hydrogen-bond acceptors (Lipinski definition) is 4. The van der Waals surface area contributed by atoms with Gasteiger partial charge in [0.25, 0.3) is 5.91 Å². The zero-order valence-electron chi connectivity index (χ0n) is 17.2. The highest BCUT2D eigenvalue weighted by Crippen LogP contribution is 2.27. The topological polar surface area (TPSA) is 58.6 Å². The minimum Gasteiger partial charge on any atom is -0.493 e. The summed E-state index contributed by atoms with van der Waals surface area (Å²) in [5, 5.41) is 5.00. The summed E-state index contributed by atoms with van der Waals surface area (Å²) in [4.78, 5) is 28.8. The monoisotopic (exact) mass is 498 g/mol. The Morgan fingerprint density at radius 3 is 2.87 bits per heavy atom. The quantitative estimate of drug-likeness (QED) is 0.493. The summed E-state index contributed by atoms with van der Waals surface area (Å²) < 4.78 is 6.56. The van der Waals surface area contributed by atoms with Gasteiger partial charge in [-0.15, -0.1) is 11.3 Å². The number of rotatable bonds is 6. The van der Waals surface area contributed by atoms with Gasteiger partial charge >= 0.3 is 0 Å². The van der Waals surface area contributed by atoms with Crippen molar-refractivity contribution < 1.29 is 14.3 Å². The second-order valence-corrected chi connectivity index (χ2v) is 9.34. The molecule has 1 N–H and O–H groups in total. The van der Waals surface area contributed by atoms with Crippen molar-refractivity contribution >= 4 is 44.8 Å². The average molecular weight is 499 g/mol. The number of nitrogens with one attached hydrogen (secondary N) is 1. The van der Waals surface area contributed by atoms with Gasteiger partial charge in [0.05, 0.1) is 13.0 Å². The summed E-state index contributed by atoms with van der Waals surface area (Å²) in [7, 11) is 0. The fraction of sp³-hybridized carbons (Fsp3) is 0.250. The molecule has 1 aliphatic heterocycles. The molecule has 2 aromatic carbocycles. The van der Waals surface area contributed by atoms with Crippen LogP contribution in [0.5, 0.6) is 5.75 Å². The molecule has 0 unspecified atom stereocenters. The van der Waals surface area contributed by atoms with E-state index < -0.39 is 0 Å². The fourth-order valence-corrected chi connectivity index (χ4v) is 4.89. The largest absolute Gasteiger partial charge is 0.493 e. The number of thiophene rings is 1. The van der Waals surface area contributed by atoms with Crippen LogP contribution in [-0.4, -0.2) is 29.9 Å². The molecule has 7 heteroatoms. The number of fused-ring (bicyclic) bond motifs is 1. The van der Waals surface area contributed by atoms with Gasteiger partial charge in [0.15, 0.2) is 0 Å². The number of carbonyl (C=O) groups excluding carboxylic acids is 2. The molecule has 0 saturated carbocycles. The highest BCUT2D eigenvalue weighted by Gasteiger charge is 2.24. The summed E-state index contributed by atoms with van der Waals surface area (Å²) in [6, 6.07) is 15.1. The van der Waals surface area contributed by atoms with Crippen LogP contribution in [0, 0.1) is 6.92 Å². The number of ether oxygens (including phenoxy) is 1. The number of carbonyl (C=O) groups is 2. The standard InChI is InChI=1S/C24H23BrN2O3S/c1-16-20(24(29)27-11-8-22-17(15-27)10-13-31-22)6-3-7-21(16)26-23(28)9-12-30-19-5-2-4-18(25)14-19/h2-7,10,13-14H,8-9,11-12,15H2,1H3,(H,26,28). The van der Waals surface area contributed by atoms with Crippen LogP contribution < -0.4 is 10.1 Å². The van der Waals surface area contributed by atoms with Gasteiger partial charge in [-0.2, -0.15) is 0 Å². The molecule has 1 aliphatic rings. The molecule has 2 amide bonds. The molecule has 0 atom stereocenters. The Hall–Kier alpha value is -2.64. The Bertz CT molecular complexity index is 1110. The molecule has 1 aromatic heterocycles. The highest BCUT2D eigenvalue weighted by molar-refractivity contribution is 9.10.